The molecular formula is C31H39ClFN9O. The summed E-state index contributed by atoms with van der Waals surface area (Å²) in [7, 11) is 0. The smallest absolute Gasteiger partial charge is 0.354 e. The molecule has 0 spiro atoms. The zero-order valence-electron chi connectivity index (χ0n) is 24.5. The van der Waals surface area contributed by atoms with E-state index in [2.05, 4.69) is 20.3 Å². The lowest BCUT2D eigenvalue weighted by Gasteiger charge is -2.31. The first kappa shape index (κ1) is 30.7. The maximum Gasteiger partial charge on any atom is 0.354 e. The second kappa shape index (κ2) is 13.2. The molecule has 43 heavy (non-hydrogen) atoms. The minimum absolute atomic E-state index is 0.0497. The molecule has 0 radical (unpaired) electrons. The van der Waals surface area contributed by atoms with Crippen molar-refractivity contribution in [3.63, 3.8) is 0 Å². The van der Waals surface area contributed by atoms with Gasteiger partial charge in [-0.3, -0.25) is 14.5 Å². The highest BCUT2D eigenvalue weighted by Crippen LogP contribution is 2.32. The molecule has 3 atom stereocenters. The van der Waals surface area contributed by atoms with Gasteiger partial charge in [-0.1, -0.05) is 11.6 Å². The number of aryl methyl sites for hydroxylation is 2. The van der Waals surface area contributed by atoms with Crippen molar-refractivity contribution < 1.29 is 4.39 Å². The Bertz CT molecular complexity index is 1690. The number of halogens is 2. The van der Waals surface area contributed by atoms with Crippen LogP contribution in [-0.4, -0.2) is 44.1 Å². The van der Waals surface area contributed by atoms with Gasteiger partial charge in [0.1, 0.15) is 5.65 Å². The zero-order chi connectivity index (χ0) is 30.7. The number of hydrogen-bond donors (Lipinski definition) is 5. The molecule has 3 aromatic heterocycles. The molecule has 10 nitrogen and oxygen atoms in total. The summed E-state index contributed by atoms with van der Waals surface area (Å²) in [5.74, 6) is -0.418. The molecule has 0 amide bonds. The van der Waals surface area contributed by atoms with Gasteiger partial charge >= 0.3 is 5.69 Å². The summed E-state index contributed by atoms with van der Waals surface area (Å²) in [6.45, 7) is 4.54. The molecule has 1 aromatic carbocycles. The van der Waals surface area contributed by atoms with E-state index in [1.807, 2.05) is 19.9 Å². The minimum atomic E-state index is -0.524. The van der Waals surface area contributed by atoms with Crippen LogP contribution in [0.2, 0.25) is 5.02 Å². The van der Waals surface area contributed by atoms with Crippen LogP contribution in [0.25, 0.3) is 28.0 Å². The second-order valence-corrected chi connectivity index (χ2v) is 11.9. The van der Waals surface area contributed by atoms with E-state index < -0.39 is 11.5 Å². The lowest BCUT2D eigenvalue weighted by atomic mass is 9.93. The van der Waals surface area contributed by atoms with Crippen LogP contribution in [0.1, 0.15) is 68.3 Å². The standard InChI is InChI=1S/C31H39ClFN9O/c1-17-11-22(15-38-28(17)25-8-4-7-21(39-25)9-10-37-30(35)36)42-16-20-14-26(40-29(20)41-31(42)43)23-12-19(6-3-5-18(2)34)13-24(32)27(23)33/h11-16,18,21,25,39H,3-10,34H2,1-2H3,(H4,35,36,37)(H,40,41,43)/t18-,21-,25-/m0/s1. The van der Waals surface area contributed by atoms with Crippen molar-refractivity contribution in [3.05, 3.63) is 74.8 Å². The van der Waals surface area contributed by atoms with E-state index in [0.29, 0.717) is 40.6 Å². The quantitative estimate of drug-likeness (QED) is 0.132. The number of nitrogens with two attached hydrogens (primary N) is 3. The minimum Gasteiger partial charge on any atom is -0.370 e. The SMILES string of the molecule is Cc1cc(-n2cc3cc(-c4cc(CCC[C@H](C)N)cc(Cl)c4F)[nH]c3nc2=O)cnc1[C@@H]1CCC[C@@H](CCN=C(N)N)N1. The number of fused-ring (bicyclic) bond motifs is 1. The number of nitrogens with zero attached hydrogens (tertiary/aromatic N) is 4. The summed E-state index contributed by atoms with van der Waals surface area (Å²) < 4.78 is 16.6. The highest BCUT2D eigenvalue weighted by Gasteiger charge is 2.24. The van der Waals surface area contributed by atoms with E-state index in [-0.39, 0.29) is 23.1 Å². The van der Waals surface area contributed by atoms with Crippen LogP contribution in [0, 0.1) is 12.7 Å². The summed E-state index contributed by atoms with van der Waals surface area (Å²) in [5, 5.41) is 4.39. The van der Waals surface area contributed by atoms with Gasteiger partial charge in [0.05, 0.1) is 28.3 Å². The fourth-order valence-electron chi connectivity index (χ4n) is 5.82. The van der Waals surface area contributed by atoms with E-state index in [9.17, 15) is 4.79 Å². The summed E-state index contributed by atoms with van der Waals surface area (Å²) in [6.07, 6.45) is 9.81. The topological polar surface area (TPSA) is 166 Å². The molecule has 0 unspecified atom stereocenters. The van der Waals surface area contributed by atoms with E-state index in [0.717, 1.165) is 61.8 Å². The van der Waals surface area contributed by atoms with Gasteiger partial charge in [0.25, 0.3) is 0 Å². The third-order valence-electron chi connectivity index (χ3n) is 7.98. The molecule has 1 aliphatic rings. The van der Waals surface area contributed by atoms with Crippen molar-refractivity contribution in [1.29, 1.82) is 0 Å². The summed E-state index contributed by atoms with van der Waals surface area (Å²) >= 11 is 6.26. The Morgan fingerprint density at radius 2 is 2.07 bits per heavy atom. The Morgan fingerprint density at radius 3 is 2.81 bits per heavy atom. The van der Waals surface area contributed by atoms with Gasteiger partial charge in [0.2, 0.25) is 0 Å². The first-order valence-corrected chi connectivity index (χ1v) is 15.1. The van der Waals surface area contributed by atoms with E-state index in [4.69, 9.17) is 33.8 Å². The van der Waals surface area contributed by atoms with E-state index in [1.165, 1.54) is 4.57 Å². The largest absolute Gasteiger partial charge is 0.370 e. The van der Waals surface area contributed by atoms with Crippen LogP contribution in [0.5, 0.6) is 0 Å². The van der Waals surface area contributed by atoms with Gasteiger partial charge < -0.3 is 27.5 Å². The maximum atomic E-state index is 15.1. The molecule has 12 heteroatoms. The molecule has 4 heterocycles. The first-order chi connectivity index (χ1) is 20.6. The fraction of sp³-hybridized carbons (Fsp3) is 0.419. The number of rotatable bonds is 10. The zero-order valence-corrected chi connectivity index (χ0v) is 25.3. The average molecular weight is 608 g/mol. The van der Waals surface area contributed by atoms with Crippen molar-refractivity contribution in [3.8, 4) is 16.9 Å². The van der Waals surface area contributed by atoms with Crippen molar-refractivity contribution in [1.82, 2.24) is 24.8 Å². The van der Waals surface area contributed by atoms with Gasteiger partial charge in [-0.2, -0.15) is 4.98 Å². The van der Waals surface area contributed by atoms with Crippen LogP contribution in [0.4, 0.5) is 4.39 Å². The highest BCUT2D eigenvalue weighted by molar-refractivity contribution is 6.31. The van der Waals surface area contributed by atoms with Crippen LogP contribution in [0.3, 0.4) is 0 Å². The van der Waals surface area contributed by atoms with Crippen molar-refractivity contribution in [2.24, 2.45) is 22.2 Å². The summed E-state index contributed by atoms with van der Waals surface area (Å²) in [6, 6.07) is 7.67. The lowest BCUT2D eigenvalue weighted by molar-refractivity contribution is 0.310. The fourth-order valence-corrected chi connectivity index (χ4v) is 6.06. The van der Waals surface area contributed by atoms with Gasteiger partial charge in [-0.25, -0.2) is 9.18 Å². The molecule has 1 saturated heterocycles. The summed E-state index contributed by atoms with van der Waals surface area (Å²) in [4.78, 5) is 29.3. The van der Waals surface area contributed by atoms with Crippen LogP contribution >= 0.6 is 11.6 Å². The molecular weight excluding hydrogens is 569 g/mol. The Hall–Kier alpha value is -3.80. The molecule has 0 bridgehead atoms. The van der Waals surface area contributed by atoms with Crippen LogP contribution < -0.4 is 28.2 Å². The van der Waals surface area contributed by atoms with Gasteiger partial charge in [0, 0.05) is 41.8 Å². The van der Waals surface area contributed by atoms with Crippen LogP contribution in [-0.2, 0) is 6.42 Å². The molecule has 5 rings (SSSR count). The number of benzene rings is 1. The first-order valence-electron chi connectivity index (χ1n) is 14.7. The third-order valence-corrected chi connectivity index (χ3v) is 8.25. The number of aromatic nitrogens is 4. The summed E-state index contributed by atoms with van der Waals surface area (Å²) in [5.41, 5.74) is 21.0. The second-order valence-electron chi connectivity index (χ2n) is 11.5. The number of pyridine rings is 1. The Balaban J connectivity index is 1.39. The van der Waals surface area contributed by atoms with Gasteiger partial charge in [-0.15, -0.1) is 0 Å². The monoisotopic (exact) mass is 607 g/mol. The van der Waals surface area contributed by atoms with Crippen LogP contribution in [0.15, 0.2) is 46.4 Å². The molecule has 1 fully saturated rings. The Kier molecular flexibility index (Phi) is 9.43. The number of aliphatic imine (C=N–C) groups is 1. The van der Waals surface area contributed by atoms with Crippen molar-refractivity contribution >= 4 is 28.6 Å². The van der Waals surface area contributed by atoms with Crippen molar-refractivity contribution in [2.75, 3.05) is 6.54 Å². The predicted molar refractivity (Wildman–Crippen MR) is 170 cm³/mol. The maximum absolute atomic E-state index is 15.1. The number of aromatic amines is 1. The molecule has 228 valence electrons. The molecule has 1 aliphatic heterocycles. The molecule has 8 N–H and O–H groups in total. The predicted octanol–water partition coefficient (Wildman–Crippen LogP) is 4.39. The third kappa shape index (κ3) is 7.23. The number of H-pyrrole nitrogens is 1. The molecule has 4 aromatic rings. The van der Waals surface area contributed by atoms with Gasteiger partial charge in [0.15, 0.2) is 11.8 Å². The lowest BCUT2D eigenvalue weighted by Crippen LogP contribution is -2.38. The number of hydrogen-bond acceptors (Lipinski definition) is 6. The number of nitrogens with one attached hydrogen (secondary N) is 2. The Labute approximate surface area is 255 Å². The van der Waals surface area contributed by atoms with E-state index >= 15 is 4.39 Å². The van der Waals surface area contributed by atoms with Crippen molar-refractivity contribution in [2.45, 2.75) is 76.9 Å². The normalized spacial score (nSPS) is 17.7. The molecule has 0 aliphatic carbocycles. The average Bonchev–Trinajstić information content (AvgIpc) is 3.36. The van der Waals surface area contributed by atoms with E-state index in [1.54, 1.807) is 30.6 Å². The Morgan fingerprint density at radius 1 is 1.26 bits per heavy atom. The highest BCUT2D eigenvalue weighted by atomic mass is 35.5. The number of piperidine rings is 1. The number of guanidine groups is 1. The van der Waals surface area contributed by atoms with Gasteiger partial charge in [-0.05, 0) is 94.2 Å². The molecule has 0 saturated carbocycles.